The minimum absolute atomic E-state index is 0.0148. The molecule has 0 saturated heterocycles. The van der Waals surface area contributed by atoms with Crippen LogP contribution in [0.1, 0.15) is 23.1 Å². The summed E-state index contributed by atoms with van der Waals surface area (Å²) < 4.78 is 10.8. The van der Waals surface area contributed by atoms with Gasteiger partial charge in [-0.1, -0.05) is 0 Å². The normalized spacial score (nSPS) is 11.1. The Hall–Kier alpha value is -3.09. The van der Waals surface area contributed by atoms with Crippen LogP contribution in [0, 0.1) is 13.8 Å². The van der Waals surface area contributed by atoms with Crippen molar-refractivity contribution in [3.8, 4) is 0 Å². The number of fused-ring (bicyclic) bond motifs is 2. The number of hydrogen-bond donors (Lipinski definition) is 2. The Bertz CT molecular complexity index is 1040. The van der Waals surface area contributed by atoms with E-state index in [1.165, 1.54) is 0 Å². The van der Waals surface area contributed by atoms with E-state index in [0.29, 0.717) is 16.7 Å². The quantitative estimate of drug-likeness (QED) is 0.688. The average molecular weight is 343 g/mol. The van der Waals surface area contributed by atoms with Crippen molar-refractivity contribution in [2.45, 2.75) is 26.7 Å². The third-order valence-corrected chi connectivity index (χ3v) is 4.17. The molecule has 2 aromatic heterocycles. The van der Waals surface area contributed by atoms with Crippen molar-refractivity contribution in [1.29, 1.82) is 0 Å². The van der Waals surface area contributed by atoms with Crippen LogP contribution in [0.2, 0.25) is 0 Å². The van der Waals surface area contributed by atoms with Crippen LogP contribution in [-0.4, -0.2) is 23.5 Å². The molecule has 0 saturated carbocycles. The number of carbonyl (C=O) groups is 2. The van der Waals surface area contributed by atoms with Gasteiger partial charge in [0.2, 0.25) is 5.91 Å². The number of amides is 1. The van der Waals surface area contributed by atoms with Crippen LogP contribution in [0.5, 0.6) is 0 Å². The number of nitrogens with one attached hydrogen (secondary N) is 1. The van der Waals surface area contributed by atoms with Crippen LogP contribution in [0.25, 0.3) is 21.9 Å². The third-order valence-electron chi connectivity index (χ3n) is 4.17. The van der Waals surface area contributed by atoms with E-state index in [1.54, 1.807) is 19.3 Å². The fraction of sp³-hybridized carbons (Fsp3) is 0.278. The van der Waals surface area contributed by atoms with E-state index in [0.717, 1.165) is 16.3 Å². The summed E-state index contributed by atoms with van der Waals surface area (Å²) in [6, 6.07) is 3.55. The molecule has 0 radical (unpaired) electrons. The van der Waals surface area contributed by atoms with Crippen molar-refractivity contribution in [3.05, 3.63) is 45.5 Å². The number of carboxylic acids is 1. The molecule has 0 aliphatic heterocycles. The fourth-order valence-corrected chi connectivity index (χ4v) is 2.77. The highest BCUT2D eigenvalue weighted by molar-refractivity contribution is 5.96. The van der Waals surface area contributed by atoms with E-state index < -0.39 is 17.5 Å². The highest BCUT2D eigenvalue weighted by atomic mass is 16.4. The monoisotopic (exact) mass is 343 g/mol. The van der Waals surface area contributed by atoms with E-state index in [1.807, 2.05) is 13.0 Å². The maximum absolute atomic E-state index is 12.2. The SMILES string of the molecule is Cc1coc2cc3oc(=O)c(CC(=O)NCCC(=O)O)c(C)c3cc12. The summed E-state index contributed by atoms with van der Waals surface area (Å²) in [5.41, 5.74) is 2.35. The topological polar surface area (TPSA) is 110 Å². The Kier molecular flexibility index (Phi) is 4.31. The van der Waals surface area contributed by atoms with Crippen LogP contribution in [0.15, 0.2) is 32.0 Å². The zero-order valence-corrected chi connectivity index (χ0v) is 13.8. The number of aliphatic carboxylic acids is 1. The minimum Gasteiger partial charge on any atom is -0.481 e. The van der Waals surface area contributed by atoms with Crippen LogP contribution in [0.3, 0.4) is 0 Å². The highest BCUT2D eigenvalue weighted by Crippen LogP contribution is 2.28. The van der Waals surface area contributed by atoms with Gasteiger partial charge in [0.15, 0.2) is 0 Å². The predicted molar refractivity (Wildman–Crippen MR) is 90.7 cm³/mol. The molecule has 0 unspecified atom stereocenters. The van der Waals surface area contributed by atoms with Gasteiger partial charge in [0, 0.05) is 23.4 Å². The molecule has 7 nitrogen and oxygen atoms in total. The molecule has 7 heteroatoms. The first-order valence-electron chi connectivity index (χ1n) is 7.79. The molecule has 3 rings (SSSR count). The smallest absolute Gasteiger partial charge is 0.340 e. The van der Waals surface area contributed by atoms with E-state index in [9.17, 15) is 14.4 Å². The summed E-state index contributed by atoms with van der Waals surface area (Å²) in [6.07, 6.45) is 1.30. The predicted octanol–water partition coefficient (Wildman–Crippen LogP) is 2.29. The standard InChI is InChI=1S/C18H17NO6/c1-9-8-24-14-7-15-12(5-11(9)14)10(2)13(18(23)25-15)6-16(20)19-4-3-17(21)22/h5,7-8H,3-4,6H2,1-2H3,(H,19,20)(H,21,22). The molecule has 0 fully saturated rings. The molecule has 130 valence electrons. The molecule has 0 spiro atoms. The van der Waals surface area contributed by atoms with Gasteiger partial charge in [-0.3, -0.25) is 9.59 Å². The molecule has 0 aliphatic carbocycles. The molecule has 0 aliphatic rings. The number of furan rings is 1. The van der Waals surface area contributed by atoms with Crippen molar-refractivity contribution >= 4 is 33.8 Å². The van der Waals surface area contributed by atoms with E-state index in [2.05, 4.69) is 5.32 Å². The van der Waals surface area contributed by atoms with Crippen molar-refractivity contribution in [2.75, 3.05) is 6.54 Å². The first kappa shape index (κ1) is 16.8. The second kappa shape index (κ2) is 6.43. The second-order valence-corrected chi connectivity index (χ2v) is 5.93. The van der Waals surface area contributed by atoms with Crippen molar-refractivity contribution in [3.63, 3.8) is 0 Å². The Labute approximate surface area is 142 Å². The van der Waals surface area contributed by atoms with Gasteiger partial charge in [-0.05, 0) is 31.0 Å². The molecule has 1 aromatic carbocycles. The maximum Gasteiger partial charge on any atom is 0.340 e. The summed E-state index contributed by atoms with van der Waals surface area (Å²) in [5.74, 6) is -1.42. The molecule has 0 bridgehead atoms. The van der Waals surface area contributed by atoms with Crippen LogP contribution in [-0.2, 0) is 16.0 Å². The van der Waals surface area contributed by atoms with Gasteiger partial charge in [-0.2, -0.15) is 0 Å². The van der Waals surface area contributed by atoms with Crippen LogP contribution < -0.4 is 10.9 Å². The van der Waals surface area contributed by atoms with Crippen LogP contribution >= 0.6 is 0 Å². The van der Waals surface area contributed by atoms with Crippen molar-refractivity contribution < 1.29 is 23.5 Å². The summed E-state index contributed by atoms with van der Waals surface area (Å²) in [6.45, 7) is 3.70. The molecule has 1 amide bonds. The molecular weight excluding hydrogens is 326 g/mol. The van der Waals surface area contributed by atoms with Gasteiger partial charge in [0.1, 0.15) is 11.2 Å². The lowest BCUT2D eigenvalue weighted by Gasteiger charge is -2.08. The maximum atomic E-state index is 12.2. The number of hydrogen-bond acceptors (Lipinski definition) is 5. The first-order valence-corrected chi connectivity index (χ1v) is 7.79. The number of rotatable bonds is 5. The Balaban J connectivity index is 1.96. The Morgan fingerprint density at radius 2 is 1.92 bits per heavy atom. The number of carbonyl (C=O) groups excluding carboxylic acids is 1. The molecular formula is C18H17NO6. The highest BCUT2D eigenvalue weighted by Gasteiger charge is 2.16. The largest absolute Gasteiger partial charge is 0.481 e. The van der Waals surface area contributed by atoms with Gasteiger partial charge in [-0.15, -0.1) is 0 Å². The van der Waals surface area contributed by atoms with Gasteiger partial charge < -0.3 is 19.3 Å². The number of carboxylic acid groups (broad SMARTS) is 1. The summed E-state index contributed by atoms with van der Waals surface area (Å²) in [4.78, 5) is 34.7. The summed E-state index contributed by atoms with van der Waals surface area (Å²) in [7, 11) is 0. The first-order chi connectivity index (χ1) is 11.9. The minimum atomic E-state index is -0.999. The lowest BCUT2D eigenvalue weighted by atomic mass is 10.0. The summed E-state index contributed by atoms with van der Waals surface area (Å²) in [5, 5.41) is 12.7. The van der Waals surface area contributed by atoms with Crippen LogP contribution in [0.4, 0.5) is 0 Å². The van der Waals surface area contributed by atoms with Crippen molar-refractivity contribution in [1.82, 2.24) is 5.32 Å². The molecule has 25 heavy (non-hydrogen) atoms. The van der Waals surface area contributed by atoms with Gasteiger partial charge in [0.25, 0.3) is 0 Å². The Morgan fingerprint density at radius 1 is 1.16 bits per heavy atom. The summed E-state index contributed by atoms with van der Waals surface area (Å²) >= 11 is 0. The lowest BCUT2D eigenvalue weighted by molar-refractivity contribution is -0.136. The molecule has 2 heterocycles. The van der Waals surface area contributed by atoms with Crippen molar-refractivity contribution in [2.24, 2.45) is 0 Å². The van der Waals surface area contributed by atoms with Gasteiger partial charge >= 0.3 is 11.6 Å². The molecule has 3 aromatic rings. The van der Waals surface area contributed by atoms with E-state index in [-0.39, 0.29) is 24.9 Å². The lowest BCUT2D eigenvalue weighted by Crippen LogP contribution is -2.29. The zero-order valence-electron chi connectivity index (χ0n) is 13.8. The third kappa shape index (κ3) is 3.26. The van der Waals surface area contributed by atoms with E-state index in [4.69, 9.17) is 13.9 Å². The number of aryl methyl sites for hydroxylation is 2. The second-order valence-electron chi connectivity index (χ2n) is 5.93. The average Bonchev–Trinajstić information content (AvgIpc) is 2.90. The molecule has 2 N–H and O–H groups in total. The fourth-order valence-electron chi connectivity index (χ4n) is 2.77. The van der Waals surface area contributed by atoms with E-state index >= 15 is 0 Å². The zero-order chi connectivity index (χ0) is 18.1. The van der Waals surface area contributed by atoms with Gasteiger partial charge in [-0.25, -0.2) is 4.79 Å². The van der Waals surface area contributed by atoms with Gasteiger partial charge in [0.05, 0.1) is 24.7 Å². The Morgan fingerprint density at radius 3 is 2.64 bits per heavy atom. The number of benzene rings is 1. The molecule has 0 atom stereocenters.